The number of morpholine rings is 1. The zero-order valence-electron chi connectivity index (χ0n) is 11.2. The summed E-state index contributed by atoms with van der Waals surface area (Å²) in [5, 5.41) is 2.96. The van der Waals surface area contributed by atoms with Crippen molar-refractivity contribution in [3.63, 3.8) is 0 Å². The fourth-order valence-corrected chi connectivity index (χ4v) is 2.89. The Balaban J connectivity index is 1.89. The van der Waals surface area contributed by atoms with Gasteiger partial charge in [0.2, 0.25) is 5.91 Å². The molecule has 1 aliphatic rings. The van der Waals surface area contributed by atoms with Gasteiger partial charge in [0, 0.05) is 16.7 Å². The van der Waals surface area contributed by atoms with Crippen molar-refractivity contribution in [2.24, 2.45) is 0 Å². The lowest BCUT2D eigenvalue weighted by atomic mass is 10.2. The second-order valence-corrected chi connectivity index (χ2v) is 6.14. The third-order valence-electron chi connectivity index (χ3n) is 3.01. The van der Waals surface area contributed by atoms with Crippen molar-refractivity contribution < 1.29 is 9.53 Å². The quantitative estimate of drug-likeness (QED) is 0.826. The third kappa shape index (κ3) is 4.43. The zero-order chi connectivity index (χ0) is 13.8. The molecular weight excluding hydrogens is 355 g/mol. The van der Waals surface area contributed by atoms with Crippen LogP contribution < -0.4 is 5.32 Å². The predicted octanol–water partition coefficient (Wildman–Crippen LogP) is 2.34. The molecule has 0 aliphatic carbocycles. The van der Waals surface area contributed by atoms with E-state index in [1.54, 1.807) is 0 Å². The number of amides is 1. The lowest BCUT2D eigenvalue weighted by Crippen LogP contribution is -2.48. The highest BCUT2D eigenvalue weighted by atomic mass is 127. The number of benzene rings is 1. The first-order chi connectivity index (χ1) is 9.04. The molecule has 1 aromatic rings. The summed E-state index contributed by atoms with van der Waals surface area (Å²) in [6.07, 6.45) is 0.377. The van der Waals surface area contributed by atoms with E-state index < -0.39 is 0 Å². The molecule has 0 radical (unpaired) electrons. The van der Waals surface area contributed by atoms with Crippen molar-refractivity contribution >= 4 is 34.2 Å². The van der Waals surface area contributed by atoms with Crippen molar-refractivity contribution in [1.82, 2.24) is 4.90 Å². The van der Waals surface area contributed by atoms with Gasteiger partial charge in [0.15, 0.2) is 0 Å². The van der Waals surface area contributed by atoms with E-state index in [9.17, 15) is 4.79 Å². The molecule has 2 atom stereocenters. The summed E-state index contributed by atoms with van der Waals surface area (Å²) in [6.45, 7) is 6.12. The van der Waals surface area contributed by atoms with E-state index in [2.05, 4.69) is 32.8 Å². The van der Waals surface area contributed by atoms with Crippen LogP contribution in [0.4, 0.5) is 5.69 Å². The normalized spacial score (nSPS) is 24.2. The van der Waals surface area contributed by atoms with E-state index in [1.165, 1.54) is 0 Å². The van der Waals surface area contributed by atoms with Crippen LogP contribution in [0.2, 0.25) is 0 Å². The number of halogens is 1. The van der Waals surface area contributed by atoms with Gasteiger partial charge in [0.25, 0.3) is 0 Å². The number of anilines is 1. The number of carbonyl (C=O) groups excluding carboxylic acids is 1. The minimum atomic E-state index is 0.0328. The fraction of sp³-hybridized carbons (Fsp3) is 0.500. The molecule has 0 spiro atoms. The van der Waals surface area contributed by atoms with Crippen LogP contribution in [0.3, 0.4) is 0 Å². The Morgan fingerprint density at radius 1 is 1.37 bits per heavy atom. The molecule has 1 aliphatic heterocycles. The maximum atomic E-state index is 12.0. The molecule has 5 heteroatoms. The van der Waals surface area contributed by atoms with E-state index in [1.807, 2.05) is 38.1 Å². The molecule has 2 rings (SSSR count). The van der Waals surface area contributed by atoms with E-state index in [-0.39, 0.29) is 18.1 Å². The molecule has 1 N–H and O–H groups in total. The molecule has 1 aromatic carbocycles. The molecule has 1 amide bonds. The standard InChI is InChI=1S/C14H19IN2O2/c1-10-7-17(8-11(2)19-10)9-14(18)16-13-6-4-3-5-12(13)15/h3-6,10-11H,7-9H2,1-2H3,(H,16,18)/t10-,11+. The lowest BCUT2D eigenvalue weighted by Gasteiger charge is -2.34. The van der Waals surface area contributed by atoms with Crippen LogP contribution in [0, 0.1) is 3.57 Å². The molecule has 1 fully saturated rings. The van der Waals surface area contributed by atoms with Crippen LogP contribution in [-0.4, -0.2) is 42.6 Å². The highest BCUT2D eigenvalue weighted by Crippen LogP contribution is 2.17. The molecule has 0 saturated carbocycles. The van der Waals surface area contributed by atoms with Gasteiger partial charge < -0.3 is 10.1 Å². The van der Waals surface area contributed by atoms with Gasteiger partial charge in [0.05, 0.1) is 24.4 Å². The van der Waals surface area contributed by atoms with Gasteiger partial charge >= 0.3 is 0 Å². The minimum absolute atomic E-state index is 0.0328. The van der Waals surface area contributed by atoms with Gasteiger partial charge in [-0.05, 0) is 48.6 Å². The number of hydrogen-bond acceptors (Lipinski definition) is 3. The topological polar surface area (TPSA) is 41.6 Å². The van der Waals surface area contributed by atoms with Crippen molar-refractivity contribution in [2.45, 2.75) is 26.1 Å². The van der Waals surface area contributed by atoms with Crippen LogP contribution in [-0.2, 0) is 9.53 Å². The Kier molecular flexibility index (Phi) is 5.18. The van der Waals surface area contributed by atoms with Crippen molar-refractivity contribution in [2.75, 3.05) is 25.0 Å². The largest absolute Gasteiger partial charge is 0.373 e. The first kappa shape index (κ1) is 14.7. The Hall–Kier alpha value is -0.660. The molecular formula is C14H19IN2O2. The van der Waals surface area contributed by atoms with Crippen molar-refractivity contribution in [3.05, 3.63) is 27.8 Å². The molecule has 104 valence electrons. The van der Waals surface area contributed by atoms with Gasteiger partial charge in [-0.3, -0.25) is 9.69 Å². The van der Waals surface area contributed by atoms with Crippen LogP contribution in [0.1, 0.15) is 13.8 Å². The summed E-state index contributed by atoms with van der Waals surface area (Å²) in [4.78, 5) is 14.2. The van der Waals surface area contributed by atoms with Gasteiger partial charge in [-0.15, -0.1) is 0 Å². The van der Waals surface area contributed by atoms with E-state index >= 15 is 0 Å². The highest BCUT2D eigenvalue weighted by Gasteiger charge is 2.23. The number of para-hydroxylation sites is 1. The molecule has 0 aromatic heterocycles. The number of carbonyl (C=O) groups is 1. The molecule has 0 unspecified atom stereocenters. The van der Waals surface area contributed by atoms with Crippen molar-refractivity contribution in [1.29, 1.82) is 0 Å². The van der Waals surface area contributed by atoms with Crippen LogP contribution in [0.5, 0.6) is 0 Å². The second kappa shape index (κ2) is 6.67. The van der Waals surface area contributed by atoms with Crippen LogP contribution in [0.15, 0.2) is 24.3 Å². The molecule has 1 saturated heterocycles. The zero-order valence-corrected chi connectivity index (χ0v) is 13.4. The highest BCUT2D eigenvalue weighted by molar-refractivity contribution is 14.1. The maximum absolute atomic E-state index is 12.0. The summed E-state index contributed by atoms with van der Waals surface area (Å²) in [7, 11) is 0. The number of nitrogens with zero attached hydrogens (tertiary/aromatic N) is 1. The Morgan fingerprint density at radius 3 is 2.63 bits per heavy atom. The maximum Gasteiger partial charge on any atom is 0.238 e. The van der Waals surface area contributed by atoms with Gasteiger partial charge in [-0.2, -0.15) is 0 Å². The first-order valence-corrected chi connectivity index (χ1v) is 7.54. The van der Waals surface area contributed by atoms with Gasteiger partial charge in [-0.1, -0.05) is 12.1 Å². The summed E-state index contributed by atoms with van der Waals surface area (Å²) in [5.74, 6) is 0.0328. The summed E-state index contributed by atoms with van der Waals surface area (Å²) in [6, 6.07) is 7.79. The second-order valence-electron chi connectivity index (χ2n) is 4.98. The summed E-state index contributed by atoms with van der Waals surface area (Å²) < 4.78 is 6.71. The minimum Gasteiger partial charge on any atom is -0.373 e. The van der Waals surface area contributed by atoms with Crippen LogP contribution in [0.25, 0.3) is 0 Å². The third-order valence-corrected chi connectivity index (χ3v) is 3.95. The molecule has 19 heavy (non-hydrogen) atoms. The number of hydrogen-bond donors (Lipinski definition) is 1. The van der Waals surface area contributed by atoms with E-state index in [0.29, 0.717) is 6.54 Å². The lowest BCUT2D eigenvalue weighted by molar-refractivity contribution is -0.121. The average Bonchev–Trinajstić information content (AvgIpc) is 2.30. The predicted molar refractivity (Wildman–Crippen MR) is 84.2 cm³/mol. The Labute approximate surface area is 127 Å². The Morgan fingerprint density at radius 2 is 2.00 bits per heavy atom. The number of nitrogens with one attached hydrogen (secondary N) is 1. The average molecular weight is 374 g/mol. The van der Waals surface area contributed by atoms with E-state index in [4.69, 9.17) is 4.74 Å². The summed E-state index contributed by atoms with van der Waals surface area (Å²) >= 11 is 2.22. The summed E-state index contributed by atoms with van der Waals surface area (Å²) in [5.41, 5.74) is 0.877. The monoisotopic (exact) mass is 374 g/mol. The van der Waals surface area contributed by atoms with E-state index in [0.717, 1.165) is 22.3 Å². The van der Waals surface area contributed by atoms with Gasteiger partial charge in [0.1, 0.15) is 0 Å². The van der Waals surface area contributed by atoms with Crippen molar-refractivity contribution in [3.8, 4) is 0 Å². The SMILES string of the molecule is C[C@@H]1CN(CC(=O)Nc2ccccc2I)C[C@H](C)O1. The smallest absolute Gasteiger partial charge is 0.238 e. The fourth-order valence-electron chi connectivity index (χ4n) is 2.37. The molecule has 0 bridgehead atoms. The first-order valence-electron chi connectivity index (χ1n) is 6.47. The number of rotatable bonds is 3. The van der Waals surface area contributed by atoms with Crippen LogP contribution >= 0.6 is 22.6 Å². The van der Waals surface area contributed by atoms with Gasteiger partial charge in [-0.25, -0.2) is 0 Å². The Bertz CT molecular complexity index is 443. The number of ether oxygens (including phenoxy) is 1. The molecule has 1 heterocycles. The molecule has 4 nitrogen and oxygen atoms in total.